The van der Waals surface area contributed by atoms with Crippen molar-refractivity contribution in [3.63, 3.8) is 0 Å². The van der Waals surface area contributed by atoms with E-state index in [1.807, 2.05) is 0 Å². The third kappa shape index (κ3) is 1.92. The molecule has 0 unspecified atom stereocenters. The first-order valence-corrected chi connectivity index (χ1v) is 10.7. The Kier molecular flexibility index (Phi) is 2.18. The molecular formula is C7H16I-. The zero-order valence-electron chi connectivity index (χ0n) is 5.91. The monoisotopic (exact) mass is 227 g/mol. The van der Waals surface area contributed by atoms with Crippen molar-refractivity contribution in [3.8, 4) is 0 Å². The fourth-order valence-electron chi connectivity index (χ4n) is 1.18. The van der Waals surface area contributed by atoms with Crippen LogP contribution < -0.4 is 18.4 Å². The summed E-state index contributed by atoms with van der Waals surface area (Å²) in [6.07, 6.45) is 4.61. The summed E-state index contributed by atoms with van der Waals surface area (Å²) in [6.45, 7) is 0. The summed E-state index contributed by atoms with van der Waals surface area (Å²) in [4.78, 5) is 5.12. The van der Waals surface area contributed by atoms with Crippen LogP contribution in [0.15, 0.2) is 0 Å². The molecule has 0 spiro atoms. The van der Waals surface area contributed by atoms with E-state index < -0.39 is 18.4 Å². The van der Waals surface area contributed by atoms with Crippen molar-refractivity contribution in [2.75, 3.05) is 18.7 Å². The van der Waals surface area contributed by atoms with Gasteiger partial charge in [-0.3, -0.25) is 0 Å². The Morgan fingerprint density at radius 2 is 1.38 bits per heavy atom. The first kappa shape index (κ1) is 6.84. The van der Waals surface area contributed by atoms with Gasteiger partial charge in [0, 0.05) is 0 Å². The first-order valence-electron chi connectivity index (χ1n) is 3.29. The van der Waals surface area contributed by atoms with Gasteiger partial charge in [0.25, 0.3) is 0 Å². The summed E-state index contributed by atoms with van der Waals surface area (Å²) in [5.41, 5.74) is 0. The number of rotatable bonds is 0. The molecule has 0 nitrogen and oxygen atoms in total. The molecule has 0 aromatic heterocycles. The predicted octanol–water partition coefficient (Wildman–Crippen LogP) is -1.41. The molecule has 1 aliphatic heterocycles. The van der Waals surface area contributed by atoms with Crippen molar-refractivity contribution in [2.45, 2.75) is 19.3 Å². The molecule has 0 atom stereocenters. The average molecular weight is 227 g/mol. The molecule has 1 heterocycles. The zero-order valence-corrected chi connectivity index (χ0v) is 8.07. The van der Waals surface area contributed by atoms with E-state index in [4.69, 9.17) is 0 Å². The van der Waals surface area contributed by atoms with Gasteiger partial charge in [-0.1, -0.05) is 0 Å². The van der Waals surface area contributed by atoms with Crippen LogP contribution in [0.5, 0.6) is 0 Å². The van der Waals surface area contributed by atoms with E-state index in [2.05, 4.69) is 9.86 Å². The summed E-state index contributed by atoms with van der Waals surface area (Å²) < 4.78 is 3.26. The Morgan fingerprint density at radius 1 is 0.875 bits per heavy atom. The van der Waals surface area contributed by atoms with Crippen molar-refractivity contribution in [1.29, 1.82) is 0 Å². The second kappa shape index (κ2) is 2.54. The second-order valence-corrected chi connectivity index (χ2v) is 14.6. The van der Waals surface area contributed by atoms with Crippen molar-refractivity contribution in [1.82, 2.24) is 0 Å². The van der Waals surface area contributed by atoms with Gasteiger partial charge >= 0.3 is 56.4 Å². The quantitative estimate of drug-likeness (QED) is 0.352. The van der Waals surface area contributed by atoms with E-state index in [1.165, 1.54) is 6.42 Å². The van der Waals surface area contributed by atoms with Crippen LogP contribution in [0, 0.1) is 0 Å². The third-order valence-corrected chi connectivity index (χ3v) is 9.16. The molecule has 0 radical (unpaired) electrons. The molecule has 0 aromatic rings. The van der Waals surface area contributed by atoms with Crippen LogP contribution in [0.3, 0.4) is 0 Å². The Bertz CT molecular complexity index is 68.5. The van der Waals surface area contributed by atoms with Crippen LogP contribution in [0.2, 0.25) is 0 Å². The molecule has 0 amide bonds. The summed E-state index contributed by atoms with van der Waals surface area (Å²) in [5, 5.41) is 0. The predicted molar refractivity (Wildman–Crippen MR) is 35.4 cm³/mol. The minimum atomic E-state index is -0.966. The molecule has 0 bridgehead atoms. The van der Waals surface area contributed by atoms with Gasteiger partial charge in [-0.2, -0.15) is 0 Å². The second-order valence-electron chi connectivity index (χ2n) is 3.07. The molecule has 1 rings (SSSR count). The van der Waals surface area contributed by atoms with Gasteiger partial charge in [0.15, 0.2) is 0 Å². The van der Waals surface area contributed by atoms with E-state index >= 15 is 0 Å². The molecule has 1 heteroatoms. The number of halogens is 1. The number of hydrogen-bond acceptors (Lipinski definition) is 0. The molecule has 52 valence electrons. The summed E-state index contributed by atoms with van der Waals surface area (Å²) in [6, 6.07) is 0. The van der Waals surface area contributed by atoms with Crippen LogP contribution in [0.1, 0.15) is 19.3 Å². The third-order valence-electron chi connectivity index (χ3n) is 1.79. The van der Waals surface area contributed by atoms with Gasteiger partial charge in [-0.25, -0.2) is 0 Å². The summed E-state index contributed by atoms with van der Waals surface area (Å²) in [7, 11) is 0. The summed E-state index contributed by atoms with van der Waals surface area (Å²) in [5.74, 6) is 0. The molecule has 0 aliphatic carbocycles. The van der Waals surface area contributed by atoms with E-state index in [9.17, 15) is 0 Å². The standard InChI is InChI=1S/C7H16I/c1-8(2)6-4-3-5-7-8/h3-7H2,1-2H3/q-1. The van der Waals surface area contributed by atoms with E-state index in [0.717, 1.165) is 0 Å². The van der Waals surface area contributed by atoms with Crippen molar-refractivity contribution < 1.29 is 18.4 Å². The maximum absolute atomic E-state index is 2.56. The van der Waals surface area contributed by atoms with Crippen LogP contribution in [0.4, 0.5) is 0 Å². The number of alkyl halides is 4. The van der Waals surface area contributed by atoms with Crippen LogP contribution in [-0.2, 0) is 0 Å². The molecule has 0 saturated carbocycles. The maximum atomic E-state index is 2.56. The van der Waals surface area contributed by atoms with Crippen LogP contribution in [0.25, 0.3) is 0 Å². The van der Waals surface area contributed by atoms with E-state index in [-0.39, 0.29) is 0 Å². The average Bonchev–Trinajstić information content (AvgIpc) is 1.65. The molecule has 8 heavy (non-hydrogen) atoms. The Balaban J connectivity index is 2.33. The van der Waals surface area contributed by atoms with Crippen LogP contribution >= 0.6 is 0 Å². The molecular weight excluding hydrogens is 211 g/mol. The van der Waals surface area contributed by atoms with Crippen molar-refractivity contribution in [3.05, 3.63) is 0 Å². The SMILES string of the molecule is C[I-]1(C)CCCCC1. The topological polar surface area (TPSA) is 0 Å². The minimum absolute atomic E-state index is 0.966. The fraction of sp³-hybridized carbons (Fsp3) is 1.00. The Morgan fingerprint density at radius 3 is 1.62 bits per heavy atom. The van der Waals surface area contributed by atoms with Gasteiger partial charge < -0.3 is 0 Å². The number of hydrogen-bond donors (Lipinski definition) is 0. The van der Waals surface area contributed by atoms with E-state index in [0.29, 0.717) is 0 Å². The normalized spacial score (nSPS) is 31.8. The van der Waals surface area contributed by atoms with Gasteiger partial charge in [0.05, 0.1) is 0 Å². The Hall–Kier alpha value is 0.730. The van der Waals surface area contributed by atoms with Crippen molar-refractivity contribution >= 4 is 0 Å². The van der Waals surface area contributed by atoms with Gasteiger partial charge in [-0.15, -0.1) is 0 Å². The first-order chi connectivity index (χ1) is 3.71. The van der Waals surface area contributed by atoms with E-state index in [1.54, 1.807) is 21.7 Å². The molecule has 1 saturated heterocycles. The van der Waals surface area contributed by atoms with Gasteiger partial charge in [0.2, 0.25) is 0 Å². The molecule has 0 N–H and O–H groups in total. The van der Waals surface area contributed by atoms with Crippen molar-refractivity contribution in [2.24, 2.45) is 0 Å². The fourth-order valence-corrected chi connectivity index (χ4v) is 6.93. The summed E-state index contributed by atoms with van der Waals surface area (Å²) >= 11 is -0.966. The zero-order chi connectivity index (χ0) is 6.04. The molecule has 1 aliphatic rings. The molecule has 0 aromatic carbocycles. The van der Waals surface area contributed by atoms with Gasteiger partial charge in [0.1, 0.15) is 0 Å². The Labute approximate surface area is 56.6 Å². The van der Waals surface area contributed by atoms with Gasteiger partial charge in [-0.05, 0) is 0 Å². The van der Waals surface area contributed by atoms with Crippen LogP contribution in [-0.4, -0.2) is 18.7 Å². The molecule has 1 fully saturated rings.